The molecular formula is C20H25NO. The summed E-state index contributed by atoms with van der Waals surface area (Å²) < 4.78 is 5.76. The molecule has 0 spiro atoms. The van der Waals surface area contributed by atoms with E-state index in [4.69, 9.17) is 10.00 Å². The minimum absolute atomic E-state index is 0.414. The molecular weight excluding hydrogens is 270 g/mol. The van der Waals surface area contributed by atoms with E-state index in [0.717, 1.165) is 31.6 Å². The van der Waals surface area contributed by atoms with Gasteiger partial charge in [-0.3, -0.25) is 0 Å². The second kappa shape index (κ2) is 9.16. The molecule has 0 atom stereocenters. The molecule has 0 aliphatic heterocycles. The highest BCUT2D eigenvalue weighted by atomic mass is 16.5. The molecule has 0 saturated heterocycles. The molecule has 1 aliphatic carbocycles. The fourth-order valence-electron chi connectivity index (χ4n) is 3.08. The highest BCUT2D eigenvalue weighted by Crippen LogP contribution is 2.36. The van der Waals surface area contributed by atoms with Gasteiger partial charge in [-0.1, -0.05) is 37.8 Å². The van der Waals surface area contributed by atoms with E-state index in [1.807, 2.05) is 6.07 Å². The van der Waals surface area contributed by atoms with Crippen molar-refractivity contribution in [3.63, 3.8) is 0 Å². The summed E-state index contributed by atoms with van der Waals surface area (Å²) >= 11 is 0. The number of nitriles is 1. The number of rotatable bonds is 6. The summed E-state index contributed by atoms with van der Waals surface area (Å²) in [5, 5.41) is 8.51. The van der Waals surface area contributed by atoms with Gasteiger partial charge in [-0.05, 0) is 55.7 Å². The normalized spacial score (nSPS) is 20.5. The maximum atomic E-state index is 8.51. The molecule has 0 radical (unpaired) electrons. The first-order valence-corrected chi connectivity index (χ1v) is 8.46. The quantitative estimate of drug-likeness (QED) is 0.543. The van der Waals surface area contributed by atoms with Crippen molar-refractivity contribution in [2.24, 2.45) is 5.92 Å². The van der Waals surface area contributed by atoms with Crippen molar-refractivity contribution in [3.8, 4) is 23.7 Å². The van der Waals surface area contributed by atoms with Crippen LogP contribution in [0.2, 0.25) is 0 Å². The molecule has 22 heavy (non-hydrogen) atoms. The lowest BCUT2D eigenvalue weighted by molar-refractivity contribution is 0.306. The van der Waals surface area contributed by atoms with E-state index in [-0.39, 0.29) is 0 Å². The lowest BCUT2D eigenvalue weighted by Crippen LogP contribution is -2.12. The second-order valence-corrected chi connectivity index (χ2v) is 6.05. The highest BCUT2D eigenvalue weighted by Gasteiger charge is 2.21. The van der Waals surface area contributed by atoms with Crippen LogP contribution in [-0.4, -0.2) is 6.61 Å². The van der Waals surface area contributed by atoms with Crippen molar-refractivity contribution >= 4 is 0 Å². The van der Waals surface area contributed by atoms with Crippen molar-refractivity contribution in [1.82, 2.24) is 0 Å². The summed E-state index contributed by atoms with van der Waals surface area (Å²) in [5.74, 6) is 7.63. The standard InChI is InChI=1S/C20H25NO/c1-2-3-4-16-22-20-13-11-19(12-14-20)18-9-7-17(8-10-18)6-5-15-21/h11-14,17-18H,2-4,7-10,16H2,1H3/t17-,18-. The van der Waals surface area contributed by atoms with Crippen LogP contribution in [0.5, 0.6) is 5.75 Å². The molecule has 0 N–H and O–H groups in total. The molecule has 2 heteroatoms. The smallest absolute Gasteiger partial charge is 0.152 e. The van der Waals surface area contributed by atoms with Gasteiger partial charge in [-0.15, -0.1) is 0 Å². The van der Waals surface area contributed by atoms with Crippen molar-refractivity contribution in [2.45, 2.75) is 57.8 Å². The molecule has 116 valence electrons. The zero-order valence-electron chi connectivity index (χ0n) is 13.5. The fraction of sp³-hybridized carbons (Fsp3) is 0.550. The van der Waals surface area contributed by atoms with Crippen molar-refractivity contribution in [1.29, 1.82) is 5.26 Å². The van der Waals surface area contributed by atoms with E-state index in [0.29, 0.717) is 11.8 Å². The number of unbranched alkanes of at least 4 members (excludes halogenated alkanes) is 2. The van der Waals surface area contributed by atoms with E-state index in [2.05, 4.69) is 43.0 Å². The van der Waals surface area contributed by atoms with Gasteiger partial charge in [0.25, 0.3) is 0 Å². The van der Waals surface area contributed by atoms with Gasteiger partial charge in [-0.25, -0.2) is 0 Å². The van der Waals surface area contributed by atoms with Crippen molar-refractivity contribution < 1.29 is 4.74 Å². The Morgan fingerprint density at radius 2 is 1.82 bits per heavy atom. The average Bonchev–Trinajstić information content (AvgIpc) is 2.58. The van der Waals surface area contributed by atoms with Crippen LogP contribution in [0.25, 0.3) is 0 Å². The SMILES string of the molecule is CCCCCOc1ccc([C@H]2CC[C@H](C#CC#N)CC2)cc1. The summed E-state index contributed by atoms with van der Waals surface area (Å²) in [6, 6.07) is 10.5. The van der Waals surface area contributed by atoms with Gasteiger partial charge >= 0.3 is 0 Å². The molecule has 0 aromatic heterocycles. The number of ether oxygens (including phenoxy) is 1. The number of benzene rings is 1. The van der Waals surface area contributed by atoms with Crippen LogP contribution < -0.4 is 4.74 Å². The Hall–Kier alpha value is -1.93. The third-order valence-corrected chi connectivity index (χ3v) is 4.43. The first-order chi connectivity index (χ1) is 10.8. The van der Waals surface area contributed by atoms with Gasteiger partial charge in [0, 0.05) is 11.8 Å². The van der Waals surface area contributed by atoms with Crippen LogP contribution in [0.4, 0.5) is 0 Å². The average molecular weight is 295 g/mol. The van der Waals surface area contributed by atoms with Crippen LogP contribution in [0, 0.1) is 29.1 Å². The minimum Gasteiger partial charge on any atom is -0.494 e. The monoisotopic (exact) mass is 295 g/mol. The maximum Gasteiger partial charge on any atom is 0.152 e. The van der Waals surface area contributed by atoms with Gasteiger partial charge in [0.2, 0.25) is 0 Å². The molecule has 1 fully saturated rings. The van der Waals surface area contributed by atoms with E-state index < -0.39 is 0 Å². The molecule has 2 rings (SSSR count). The molecule has 1 aliphatic rings. The van der Waals surface area contributed by atoms with E-state index in [1.165, 1.54) is 31.2 Å². The lowest BCUT2D eigenvalue weighted by atomic mass is 9.79. The van der Waals surface area contributed by atoms with Crippen LogP contribution in [0.3, 0.4) is 0 Å². The Kier molecular flexibility index (Phi) is 6.85. The third-order valence-electron chi connectivity index (χ3n) is 4.43. The Bertz CT molecular complexity index is 536. The van der Waals surface area contributed by atoms with Gasteiger partial charge in [-0.2, -0.15) is 5.26 Å². The van der Waals surface area contributed by atoms with Crippen LogP contribution in [0.15, 0.2) is 24.3 Å². The largest absolute Gasteiger partial charge is 0.494 e. The van der Waals surface area contributed by atoms with E-state index >= 15 is 0 Å². The second-order valence-electron chi connectivity index (χ2n) is 6.05. The first kappa shape index (κ1) is 16.4. The Labute approximate surface area is 134 Å². The van der Waals surface area contributed by atoms with Gasteiger partial charge in [0.1, 0.15) is 5.75 Å². The Morgan fingerprint density at radius 3 is 2.45 bits per heavy atom. The Balaban J connectivity index is 1.80. The lowest BCUT2D eigenvalue weighted by Gasteiger charge is -2.26. The third kappa shape index (κ3) is 5.12. The van der Waals surface area contributed by atoms with Crippen LogP contribution >= 0.6 is 0 Å². The Morgan fingerprint density at radius 1 is 1.09 bits per heavy atom. The minimum atomic E-state index is 0.414. The first-order valence-electron chi connectivity index (χ1n) is 8.46. The molecule has 0 heterocycles. The molecule has 1 aromatic carbocycles. The van der Waals surface area contributed by atoms with Crippen molar-refractivity contribution in [2.75, 3.05) is 6.61 Å². The van der Waals surface area contributed by atoms with Crippen LogP contribution in [0.1, 0.15) is 63.4 Å². The summed E-state index contributed by atoms with van der Waals surface area (Å²) in [6.45, 7) is 3.02. The molecule has 0 amide bonds. The number of nitrogens with zero attached hydrogens (tertiary/aromatic N) is 1. The number of hydrogen-bond acceptors (Lipinski definition) is 2. The van der Waals surface area contributed by atoms with E-state index in [9.17, 15) is 0 Å². The zero-order valence-corrected chi connectivity index (χ0v) is 13.5. The molecule has 0 unspecified atom stereocenters. The number of hydrogen-bond donors (Lipinski definition) is 0. The topological polar surface area (TPSA) is 33.0 Å². The molecule has 2 nitrogen and oxygen atoms in total. The molecule has 1 saturated carbocycles. The summed E-state index contributed by atoms with van der Waals surface area (Å²) in [6.07, 6.45) is 8.14. The molecule has 1 aromatic rings. The van der Waals surface area contributed by atoms with Crippen molar-refractivity contribution in [3.05, 3.63) is 29.8 Å². The summed E-state index contributed by atoms with van der Waals surface area (Å²) in [5.41, 5.74) is 1.41. The fourth-order valence-corrected chi connectivity index (χ4v) is 3.08. The molecule has 0 bridgehead atoms. The van der Waals surface area contributed by atoms with Gasteiger partial charge in [0.15, 0.2) is 6.07 Å². The predicted molar refractivity (Wildman–Crippen MR) is 89.6 cm³/mol. The summed E-state index contributed by atoms with van der Waals surface area (Å²) in [4.78, 5) is 0. The van der Waals surface area contributed by atoms with Gasteiger partial charge in [0.05, 0.1) is 6.61 Å². The predicted octanol–water partition coefficient (Wildman–Crippen LogP) is 5.06. The zero-order chi connectivity index (χ0) is 15.6. The summed E-state index contributed by atoms with van der Waals surface area (Å²) in [7, 11) is 0. The van der Waals surface area contributed by atoms with Gasteiger partial charge < -0.3 is 4.74 Å². The highest BCUT2D eigenvalue weighted by molar-refractivity contribution is 5.30. The van der Waals surface area contributed by atoms with E-state index in [1.54, 1.807) is 0 Å². The van der Waals surface area contributed by atoms with Crippen LogP contribution in [-0.2, 0) is 0 Å². The maximum absolute atomic E-state index is 8.51.